The van der Waals surface area contributed by atoms with Gasteiger partial charge in [0.1, 0.15) is 0 Å². The molecular formula is C12H24B2O4. The Morgan fingerprint density at radius 1 is 0.889 bits per heavy atom. The van der Waals surface area contributed by atoms with Crippen molar-refractivity contribution >= 4 is 14.0 Å². The van der Waals surface area contributed by atoms with Gasteiger partial charge in [0.2, 0.25) is 0 Å². The minimum absolute atomic E-state index is 0.266. The first kappa shape index (κ1) is 14.4. The van der Waals surface area contributed by atoms with Gasteiger partial charge in [-0.05, 0) is 40.5 Å². The topological polar surface area (TPSA) is 36.9 Å². The van der Waals surface area contributed by atoms with E-state index in [1.807, 2.05) is 13.8 Å². The van der Waals surface area contributed by atoms with Crippen molar-refractivity contribution < 1.29 is 18.6 Å². The first-order valence-electron chi connectivity index (χ1n) is 6.72. The summed E-state index contributed by atoms with van der Waals surface area (Å²) in [6.45, 7) is 15.1. The Balaban J connectivity index is 2.12. The molecule has 102 valence electrons. The predicted molar refractivity (Wildman–Crippen MR) is 72.1 cm³/mol. The molecular weight excluding hydrogens is 230 g/mol. The van der Waals surface area contributed by atoms with E-state index in [0.717, 1.165) is 0 Å². The Labute approximate surface area is 111 Å². The molecule has 0 aromatic heterocycles. The Kier molecular flexibility index (Phi) is 3.38. The van der Waals surface area contributed by atoms with Crippen LogP contribution in [-0.4, -0.2) is 37.4 Å². The molecule has 0 radical (unpaired) electrons. The Morgan fingerprint density at radius 3 is 1.89 bits per heavy atom. The van der Waals surface area contributed by atoms with Crippen LogP contribution in [-0.2, 0) is 18.6 Å². The second kappa shape index (κ2) is 4.23. The molecule has 0 aromatic carbocycles. The third-order valence-corrected chi connectivity index (χ3v) is 4.32. The van der Waals surface area contributed by atoms with Crippen molar-refractivity contribution in [2.75, 3.05) is 6.61 Å². The summed E-state index contributed by atoms with van der Waals surface area (Å²) in [5.74, 6) is 0.354. The molecule has 1 unspecified atom stereocenters. The van der Waals surface area contributed by atoms with Crippen molar-refractivity contribution in [3.05, 3.63) is 0 Å². The van der Waals surface area contributed by atoms with E-state index in [4.69, 9.17) is 18.6 Å². The molecule has 0 aliphatic carbocycles. The van der Waals surface area contributed by atoms with E-state index in [1.165, 1.54) is 0 Å². The normalized spacial score (nSPS) is 34.7. The molecule has 2 aliphatic rings. The molecule has 0 saturated carbocycles. The zero-order valence-corrected chi connectivity index (χ0v) is 12.6. The number of rotatable bonds is 2. The lowest BCUT2D eigenvalue weighted by Gasteiger charge is -2.39. The quantitative estimate of drug-likeness (QED) is 0.707. The fourth-order valence-electron chi connectivity index (χ4n) is 2.56. The summed E-state index contributed by atoms with van der Waals surface area (Å²) in [7, 11) is -0.881. The van der Waals surface area contributed by atoms with Crippen molar-refractivity contribution in [1.29, 1.82) is 0 Å². The lowest BCUT2D eigenvalue weighted by molar-refractivity contribution is -0.0435. The highest BCUT2D eigenvalue weighted by Gasteiger charge is 2.62. The molecule has 2 saturated heterocycles. The van der Waals surface area contributed by atoms with Gasteiger partial charge in [0.05, 0.1) is 23.4 Å². The van der Waals surface area contributed by atoms with Crippen LogP contribution >= 0.6 is 0 Å². The number of hydrogen-bond donors (Lipinski definition) is 0. The van der Waals surface area contributed by atoms with Gasteiger partial charge in [-0.25, -0.2) is 0 Å². The monoisotopic (exact) mass is 254 g/mol. The van der Waals surface area contributed by atoms with E-state index in [0.29, 0.717) is 12.5 Å². The molecule has 2 aliphatic heterocycles. The van der Waals surface area contributed by atoms with E-state index in [1.54, 1.807) is 0 Å². The summed E-state index contributed by atoms with van der Waals surface area (Å²) in [5.41, 5.74) is -0.958. The molecule has 1 atom stereocenters. The molecule has 4 nitrogen and oxygen atoms in total. The standard InChI is InChI=1S/C12H24B2O4/c1-9(2)12(7)11(5,6)17-14(18-12)13-15-8-10(3,4)16-13/h9H,8H2,1-7H3. The van der Waals surface area contributed by atoms with Gasteiger partial charge in [-0.1, -0.05) is 13.8 Å². The summed E-state index contributed by atoms with van der Waals surface area (Å²) in [6, 6.07) is 0. The third kappa shape index (κ3) is 2.24. The fraction of sp³-hybridized carbons (Fsp3) is 1.00. The first-order chi connectivity index (χ1) is 8.07. The smallest absolute Gasteiger partial charge is 0.410 e. The highest BCUT2D eigenvalue weighted by atomic mass is 16.7. The van der Waals surface area contributed by atoms with Crippen molar-refractivity contribution in [2.45, 2.75) is 65.3 Å². The maximum Gasteiger partial charge on any atom is 0.488 e. The van der Waals surface area contributed by atoms with Crippen LogP contribution in [0.25, 0.3) is 0 Å². The SMILES string of the molecule is CC(C)C1(C)OB(B2OCC(C)(C)O2)OC1(C)C. The van der Waals surface area contributed by atoms with E-state index in [2.05, 4.69) is 34.6 Å². The van der Waals surface area contributed by atoms with Gasteiger partial charge in [0.15, 0.2) is 0 Å². The fourth-order valence-corrected chi connectivity index (χ4v) is 2.56. The van der Waals surface area contributed by atoms with Crippen molar-refractivity contribution in [1.82, 2.24) is 0 Å². The van der Waals surface area contributed by atoms with Crippen molar-refractivity contribution in [2.24, 2.45) is 5.92 Å². The molecule has 0 N–H and O–H groups in total. The Morgan fingerprint density at radius 2 is 1.50 bits per heavy atom. The molecule has 2 fully saturated rings. The second-order valence-electron chi connectivity index (χ2n) is 6.93. The van der Waals surface area contributed by atoms with Crippen LogP contribution in [0.1, 0.15) is 48.5 Å². The van der Waals surface area contributed by atoms with Crippen molar-refractivity contribution in [3.8, 4) is 0 Å². The minimum atomic E-state index is -0.450. The molecule has 0 amide bonds. The van der Waals surface area contributed by atoms with Crippen LogP contribution in [0.4, 0.5) is 0 Å². The first-order valence-corrected chi connectivity index (χ1v) is 6.72. The van der Waals surface area contributed by atoms with Crippen LogP contribution in [0, 0.1) is 5.92 Å². The van der Waals surface area contributed by atoms with Crippen LogP contribution in [0.2, 0.25) is 0 Å². The minimum Gasteiger partial charge on any atom is -0.410 e. The molecule has 0 aromatic rings. The average Bonchev–Trinajstić information content (AvgIpc) is 2.67. The highest BCUT2D eigenvalue weighted by molar-refractivity contribution is 7.11. The van der Waals surface area contributed by atoms with Crippen LogP contribution in [0.3, 0.4) is 0 Å². The lowest BCUT2D eigenvalue weighted by Crippen LogP contribution is -2.49. The lowest BCUT2D eigenvalue weighted by atomic mass is 9.49. The molecule has 2 rings (SSSR count). The Hall–Kier alpha value is -0.0301. The molecule has 6 heteroatoms. The van der Waals surface area contributed by atoms with Gasteiger partial charge in [-0.3, -0.25) is 0 Å². The van der Waals surface area contributed by atoms with E-state index < -0.39 is 14.0 Å². The van der Waals surface area contributed by atoms with Crippen molar-refractivity contribution in [3.63, 3.8) is 0 Å². The molecule has 18 heavy (non-hydrogen) atoms. The molecule has 0 bridgehead atoms. The average molecular weight is 254 g/mol. The largest absolute Gasteiger partial charge is 0.488 e. The summed E-state index contributed by atoms with van der Waals surface area (Å²) < 4.78 is 23.6. The predicted octanol–water partition coefficient (Wildman–Crippen LogP) is 2.11. The van der Waals surface area contributed by atoms with Gasteiger partial charge in [-0.2, -0.15) is 0 Å². The zero-order valence-electron chi connectivity index (χ0n) is 12.6. The van der Waals surface area contributed by atoms with E-state index >= 15 is 0 Å². The Bertz CT molecular complexity index is 332. The maximum absolute atomic E-state index is 6.13. The van der Waals surface area contributed by atoms with E-state index in [-0.39, 0.29) is 16.8 Å². The van der Waals surface area contributed by atoms with Crippen LogP contribution < -0.4 is 0 Å². The van der Waals surface area contributed by atoms with Gasteiger partial charge in [-0.15, -0.1) is 0 Å². The summed E-state index contributed by atoms with van der Waals surface area (Å²) >= 11 is 0. The van der Waals surface area contributed by atoms with Gasteiger partial charge in [0, 0.05) is 0 Å². The van der Waals surface area contributed by atoms with Gasteiger partial charge in [0.25, 0.3) is 0 Å². The summed E-state index contributed by atoms with van der Waals surface area (Å²) in [4.78, 5) is 0. The van der Waals surface area contributed by atoms with Gasteiger partial charge >= 0.3 is 14.0 Å². The van der Waals surface area contributed by atoms with Crippen LogP contribution in [0.5, 0.6) is 0 Å². The summed E-state index contributed by atoms with van der Waals surface area (Å²) in [6.07, 6.45) is 0. The van der Waals surface area contributed by atoms with Gasteiger partial charge < -0.3 is 18.6 Å². The van der Waals surface area contributed by atoms with E-state index in [9.17, 15) is 0 Å². The highest BCUT2D eigenvalue weighted by Crippen LogP contribution is 2.43. The van der Waals surface area contributed by atoms with Crippen LogP contribution in [0.15, 0.2) is 0 Å². The second-order valence-corrected chi connectivity index (χ2v) is 6.93. The molecule has 2 heterocycles. The summed E-state index contributed by atoms with van der Waals surface area (Å²) in [5, 5.41) is 0. The third-order valence-electron chi connectivity index (χ3n) is 4.32. The zero-order chi connectivity index (χ0) is 13.8. The number of hydrogen-bond acceptors (Lipinski definition) is 4. The molecule has 0 spiro atoms. The maximum atomic E-state index is 6.13.